The highest BCUT2D eigenvalue weighted by Gasteiger charge is 2.21. The zero-order chi connectivity index (χ0) is 13.7. The number of nitrogens with one attached hydrogen (secondary N) is 1. The summed E-state index contributed by atoms with van der Waals surface area (Å²) in [6.07, 6.45) is 2.61. The molecule has 104 valence electrons. The molecule has 1 amide bonds. The summed E-state index contributed by atoms with van der Waals surface area (Å²) in [4.78, 5) is 13.6. The fourth-order valence-electron chi connectivity index (χ4n) is 2.45. The number of carbonyl (C=O) groups excluding carboxylic acids is 1. The lowest BCUT2D eigenvalue weighted by atomic mass is 10.0. The molecule has 0 radical (unpaired) electrons. The quantitative estimate of drug-likeness (QED) is 0.906. The first-order valence-corrected chi connectivity index (χ1v) is 6.91. The average molecular weight is 262 g/mol. The summed E-state index contributed by atoms with van der Waals surface area (Å²) in [5.74, 6) is 1.13. The molecule has 0 spiro atoms. The number of methoxy groups -OCH3 is 1. The van der Waals surface area contributed by atoms with Crippen molar-refractivity contribution in [2.45, 2.75) is 32.2 Å². The van der Waals surface area contributed by atoms with Crippen molar-refractivity contribution in [3.63, 3.8) is 0 Å². The van der Waals surface area contributed by atoms with E-state index in [0.717, 1.165) is 37.4 Å². The Morgan fingerprint density at radius 3 is 2.79 bits per heavy atom. The van der Waals surface area contributed by atoms with E-state index in [9.17, 15) is 4.79 Å². The average Bonchev–Trinajstić information content (AvgIpc) is 2.47. The molecule has 0 saturated carbocycles. The molecule has 0 aromatic heterocycles. The number of amides is 1. The van der Waals surface area contributed by atoms with Gasteiger partial charge in [0.15, 0.2) is 0 Å². The lowest BCUT2D eigenvalue weighted by Crippen LogP contribution is -2.42. The largest absolute Gasteiger partial charge is 0.497 e. The molecule has 1 aliphatic heterocycles. The standard InChI is InChI=1S/C15H22N2O2/c1-3-15(18)17-9-7-12(8-10-17)16-13-5-4-6-14(11-13)19-2/h4-6,11-12,16H,3,7-10H2,1-2H3. The molecule has 1 aromatic rings. The van der Waals surface area contributed by atoms with Gasteiger partial charge in [0.1, 0.15) is 5.75 Å². The molecule has 1 fully saturated rings. The number of nitrogens with zero attached hydrogens (tertiary/aromatic N) is 1. The van der Waals surface area contributed by atoms with E-state index in [1.807, 2.05) is 36.1 Å². The van der Waals surface area contributed by atoms with Crippen LogP contribution in [-0.4, -0.2) is 37.0 Å². The van der Waals surface area contributed by atoms with Gasteiger partial charge in [-0.2, -0.15) is 0 Å². The van der Waals surface area contributed by atoms with Crippen LogP contribution in [0.15, 0.2) is 24.3 Å². The third kappa shape index (κ3) is 3.63. The molecule has 0 unspecified atom stereocenters. The van der Waals surface area contributed by atoms with Crippen LogP contribution in [-0.2, 0) is 4.79 Å². The van der Waals surface area contributed by atoms with Gasteiger partial charge in [0, 0.05) is 37.3 Å². The molecule has 1 saturated heterocycles. The number of likely N-dealkylation sites (tertiary alicyclic amines) is 1. The molecular weight excluding hydrogens is 240 g/mol. The molecule has 1 heterocycles. The molecule has 1 aromatic carbocycles. The van der Waals surface area contributed by atoms with Gasteiger partial charge in [-0.25, -0.2) is 0 Å². The second-order valence-corrected chi connectivity index (χ2v) is 4.88. The van der Waals surface area contributed by atoms with Crippen LogP contribution in [0.3, 0.4) is 0 Å². The van der Waals surface area contributed by atoms with E-state index in [1.54, 1.807) is 7.11 Å². The van der Waals surface area contributed by atoms with E-state index in [1.165, 1.54) is 0 Å². The molecule has 1 aliphatic rings. The fourth-order valence-corrected chi connectivity index (χ4v) is 2.45. The Morgan fingerprint density at radius 1 is 1.42 bits per heavy atom. The van der Waals surface area contributed by atoms with Crippen molar-refractivity contribution in [1.29, 1.82) is 0 Å². The van der Waals surface area contributed by atoms with E-state index in [0.29, 0.717) is 12.5 Å². The van der Waals surface area contributed by atoms with Crippen LogP contribution in [0.1, 0.15) is 26.2 Å². The molecule has 4 nitrogen and oxygen atoms in total. The fraction of sp³-hybridized carbons (Fsp3) is 0.533. The number of hydrogen-bond donors (Lipinski definition) is 1. The minimum atomic E-state index is 0.264. The summed E-state index contributed by atoms with van der Waals surface area (Å²) in [5.41, 5.74) is 1.08. The Kier molecular flexibility index (Phi) is 4.66. The highest BCUT2D eigenvalue weighted by Crippen LogP contribution is 2.21. The molecule has 1 N–H and O–H groups in total. The predicted octanol–water partition coefficient (Wildman–Crippen LogP) is 2.51. The maximum absolute atomic E-state index is 11.6. The minimum Gasteiger partial charge on any atom is -0.497 e. The molecule has 0 aliphatic carbocycles. The van der Waals surface area contributed by atoms with Crippen molar-refractivity contribution < 1.29 is 9.53 Å². The number of benzene rings is 1. The lowest BCUT2D eigenvalue weighted by Gasteiger charge is -2.32. The highest BCUT2D eigenvalue weighted by atomic mass is 16.5. The topological polar surface area (TPSA) is 41.6 Å². The Morgan fingerprint density at radius 2 is 2.16 bits per heavy atom. The van der Waals surface area contributed by atoms with Gasteiger partial charge in [-0.05, 0) is 25.0 Å². The number of hydrogen-bond acceptors (Lipinski definition) is 3. The number of carbonyl (C=O) groups is 1. The van der Waals surface area contributed by atoms with Crippen molar-refractivity contribution in [2.24, 2.45) is 0 Å². The smallest absolute Gasteiger partial charge is 0.222 e. The zero-order valence-corrected chi connectivity index (χ0v) is 11.7. The summed E-state index contributed by atoms with van der Waals surface area (Å²) in [6, 6.07) is 8.41. The molecule has 0 bridgehead atoms. The normalized spacial score (nSPS) is 16.2. The van der Waals surface area contributed by atoms with Gasteiger partial charge in [0.05, 0.1) is 7.11 Å². The predicted molar refractivity (Wildman–Crippen MR) is 76.5 cm³/mol. The highest BCUT2D eigenvalue weighted by molar-refractivity contribution is 5.75. The van der Waals surface area contributed by atoms with Crippen molar-refractivity contribution >= 4 is 11.6 Å². The van der Waals surface area contributed by atoms with Gasteiger partial charge in [0.2, 0.25) is 5.91 Å². The van der Waals surface area contributed by atoms with Gasteiger partial charge < -0.3 is 15.0 Å². The van der Waals surface area contributed by atoms with E-state index in [4.69, 9.17) is 4.74 Å². The van der Waals surface area contributed by atoms with Gasteiger partial charge in [-0.1, -0.05) is 13.0 Å². The second kappa shape index (κ2) is 6.45. The number of rotatable bonds is 4. The summed E-state index contributed by atoms with van der Waals surface area (Å²) >= 11 is 0. The van der Waals surface area contributed by atoms with Gasteiger partial charge >= 0.3 is 0 Å². The van der Waals surface area contributed by atoms with Crippen LogP contribution >= 0.6 is 0 Å². The van der Waals surface area contributed by atoms with Gasteiger partial charge in [0.25, 0.3) is 0 Å². The third-order valence-corrected chi connectivity index (χ3v) is 3.59. The minimum absolute atomic E-state index is 0.264. The Hall–Kier alpha value is -1.71. The van der Waals surface area contributed by atoms with Gasteiger partial charge in [-0.3, -0.25) is 4.79 Å². The van der Waals surface area contributed by atoms with Crippen molar-refractivity contribution in [2.75, 3.05) is 25.5 Å². The lowest BCUT2D eigenvalue weighted by molar-refractivity contribution is -0.131. The SMILES string of the molecule is CCC(=O)N1CCC(Nc2cccc(OC)c2)CC1. The van der Waals surface area contributed by atoms with Crippen LogP contribution in [0.2, 0.25) is 0 Å². The van der Waals surface area contributed by atoms with Crippen LogP contribution in [0.4, 0.5) is 5.69 Å². The van der Waals surface area contributed by atoms with Gasteiger partial charge in [-0.15, -0.1) is 0 Å². The first-order chi connectivity index (χ1) is 9.22. The molecular formula is C15H22N2O2. The summed E-state index contributed by atoms with van der Waals surface area (Å²) < 4.78 is 5.21. The Labute approximate surface area is 114 Å². The number of anilines is 1. The molecule has 4 heteroatoms. The van der Waals surface area contributed by atoms with E-state index in [2.05, 4.69) is 5.32 Å². The summed E-state index contributed by atoms with van der Waals surface area (Å²) in [6.45, 7) is 3.63. The van der Waals surface area contributed by atoms with Crippen LogP contribution in [0.5, 0.6) is 5.75 Å². The van der Waals surface area contributed by atoms with E-state index < -0.39 is 0 Å². The summed E-state index contributed by atoms with van der Waals surface area (Å²) in [7, 11) is 1.67. The number of ether oxygens (including phenoxy) is 1. The van der Waals surface area contributed by atoms with E-state index >= 15 is 0 Å². The van der Waals surface area contributed by atoms with Crippen LogP contribution in [0.25, 0.3) is 0 Å². The third-order valence-electron chi connectivity index (χ3n) is 3.59. The molecule has 2 rings (SSSR count). The van der Waals surface area contributed by atoms with E-state index in [-0.39, 0.29) is 5.91 Å². The van der Waals surface area contributed by atoms with Crippen molar-refractivity contribution in [1.82, 2.24) is 4.90 Å². The Bertz CT molecular complexity index is 426. The maximum Gasteiger partial charge on any atom is 0.222 e. The summed E-state index contributed by atoms with van der Waals surface area (Å²) in [5, 5.41) is 3.52. The second-order valence-electron chi connectivity index (χ2n) is 4.88. The van der Waals surface area contributed by atoms with Crippen molar-refractivity contribution in [3.8, 4) is 5.75 Å². The monoisotopic (exact) mass is 262 g/mol. The van der Waals surface area contributed by atoms with Crippen molar-refractivity contribution in [3.05, 3.63) is 24.3 Å². The maximum atomic E-state index is 11.6. The first kappa shape index (κ1) is 13.7. The van der Waals surface area contributed by atoms with Crippen LogP contribution < -0.4 is 10.1 Å². The Balaban J connectivity index is 1.86. The molecule has 0 atom stereocenters. The number of piperidine rings is 1. The first-order valence-electron chi connectivity index (χ1n) is 6.91. The van der Waals surface area contributed by atoms with Crippen LogP contribution in [0, 0.1) is 0 Å². The molecule has 19 heavy (non-hydrogen) atoms. The zero-order valence-electron chi connectivity index (χ0n) is 11.7.